The number of fused-ring (bicyclic) bond motifs is 1. The Bertz CT molecular complexity index is 384. The molecule has 80 valence electrons. The van der Waals surface area contributed by atoms with E-state index in [-0.39, 0.29) is 12.1 Å². The van der Waals surface area contributed by atoms with Crippen molar-refractivity contribution in [3.8, 4) is 0 Å². The minimum absolute atomic E-state index is 0.0156. The van der Waals surface area contributed by atoms with Crippen LogP contribution in [0.2, 0.25) is 0 Å². The topological polar surface area (TPSA) is 35.6 Å². The van der Waals surface area contributed by atoms with Crippen LogP contribution in [0.1, 0.15) is 0 Å². The summed E-state index contributed by atoms with van der Waals surface area (Å²) < 4.78 is 1.02. The van der Waals surface area contributed by atoms with Crippen LogP contribution in [0.25, 0.3) is 0 Å². The molecule has 1 amide bonds. The van der Waals surface area contributed by atoms with Crippen molar-refractivity contribution in [2.24, 2.45) is 0 Å². The van der Waals surface area contributed by atoms with Crippen LogP contribution in [-0.4, -0.2) is 36.0 Å². The summed E-state index contributed by atoms with van der Waals surface area (Å²) in [5, 5.41) is 3.15. The van der Waals surface area contributed by atoms with E-state index in [9.17, 15) is 4.79 Å². The van der Waals surface area contributed by atoms with E-state index in [1.165, 1.54) is 0 Å². The third-order valence-electron chi connectivity index (χ3n) is 2.28. The molecule has 2 aliphatic heterocycles. The fourth-order valence-corrected chi connectivity index (χ4v) is 2.01. The summed E-state index contributed by atoms with van der Waals surface area (Å²) in [6, 6.07) is 0. The van der Waals surface area contributed by atoms with E-state index < -0.39 is 0 Å². The van der Waals surface area contributed by atoms with Crippen molar-refractivity contribution in [2.45, 2.75) is 6.17 Å². The van der Waals surface area contributed by atoms with E-state index in [4.69, 9.17) is 0 Å². The van der Waals surface area contributed by atoms with E-state index in [2.05, 4.69) is 21.2 Å². The number of hydrogen-bond acceptors (Lipinski definition) is 3. The zero-order chi connectivity index (χ0) is 11.0. The van der Waals surface area contributed by atoms with Crippen molar-refractivity contribution in [3.63, 3.8) is 0 Å². The molecule has 1 N–H and O–H groups in total. The highest BCUT2D eigenvalue weighted by Gasteiger charge is 2.29. The summed E-state index contributed by atoms with van der Waals surface area (Å²) in [6.07, 6.45) is 7.66. The Labute approximate surface area is 97.0 Å². The number of nitrogens with one attached hydrogen (secondary N) is 1. The van der Waals surface area contributed by atoms with Crippen molar-refractivity contribution in [1.29, 1.82) is 0 Å². The molecule has 2 rings (SSSR count). The number of hydrogen-bond donors (Lipinski definition) is 1. The van der Waals surface area contributed by atoms with Crippen molar-refractivity contribution in [2.75, 3.05) is 14.1 Å². The Morgan fingerprint density at radius 3 is 2.93 bits per heavy atom. The SMILES string of the molecule is CN(C)C(=O)C1=CN2C=CC=C(Br)C2N1. The molecule has 0 aromatic rings. The second-order valence-electron chi connectivity index (χ2n) is 3.63. The maximum atomic E-state index is 11.7. The molecule has 0 aromatic heterocycles. The van der Waals surface area contributed by atoms with Gasteiger partial charge < -0.3 is 15.1 Å². The lowest BCUT2D eigenvalue weighted by Gasteiger charge is -2.24. The summed E-state index contributed by atoms with van der Waals surface area (Å²) in [4.78, 5) is 15.2. The van der Waals surface area contributed by atoms with Crippen LogP contribution >= 0.6 is 15.9 Å². The van der Waals surface area contributed by atoms with Gasteiger partial charge in [0.15, 0.2) is 0 Å². The molecular formula is C10H12BrN3O. The molecule has 1 atom stereocenters. The highest BCUT2D eigenvalue weighted by atomic mass is 79.9. The molecule has 0 bridgehead atoms. The molecule has 5 heteroatoms. The van der Waals surface area contributed by atoms with E-state index in [1.807, 2.05) is 29.5 Å². The number of halogens is 1. The van der Waals surface area contributed by atoms with Gasteiger partial charge in [0.05, 0.1) is 0 Å². The van der Waals surface area contributed by atoms with Gasteiger partial charge in [0.1, 0.15) is 11.9 Å². The Hall–Kier alpha value is -1.23. The van der Waals surface area contributed by atoms with Gasteiger partial charge in [-0.2, -0.15) is 0 Å². The first-order valence-corrected chi connectivity index (χ1v) is 5.40. The van der Waals surface area contributed by atoms with Crippen LogP contribution in [0.5, 0.6) is 0 Å². The highest BCUT2D eigenvalue weighted by molar-refractivity contribution is 9.11. The molecule has 2 aliphatic rings. The zero-order valence-electron chi connectivity index (χ0n) is 8.57. The summed E-state index contributed by atoms with van der Waals surface area (Å²) in [5.74, 6) is -0.0156. The molecule has 0 aliphatic carbocycles. The van der Waals surface area contributed by atoms with E-state index in [0.717, 1.165) is 4.48 Å². The van der Waals surface area contributed by atoms with Gasteiger partial charge in [0.25, 0.3) is 5.91 Å². The summed E-state index contributed by atoms with van der Waals surface area (Å²) >= 11 is 3.46. The monoisotopic (exact) mass is 269 g/mol. The minimum Gasteiger partial charge on any atom is -0.355 e. The van der Waals surface area contributed by atoms with Gasteiger partial charge in [-0.25, -0.2) is 0 Å². The lowest BCUT2D eigenvalue weighted by Crippen LogP contribution is -2.37. The smallest absolute Gasteiger partial charge is 0.271 e. The average molecular weight is 270 g/mol. The predicted octanol–water partition coefficient (Wildman–Crippen LogP) is 0.953. The zero-order valence-corrected chi connectivity index (χ0v) is 10.2. The molecule has 0 saturated heterocycles. The molecule has 1 unspecified atom stereocenters. The van der Waals surface area contributed by atoms with Gasteiger partial charge in [-0.05, 0) is 12.2 Å². The van der Waals surface area contributed by atoms with Gasteiger partial charge in [0, 0.05) is 31.0 Å². The van der Waals surface area contributed by atoms with E-state index >= 15 is 0 Å². The molecule has 15 heavy (non-hydrogen) atoms. The van der Waals surface area contributed by atoms with Crippen LogP contribution in [0.15, 0.2) is 34.7 Å². The van der Waals surface area contributed by atoms with Crippen LogP contribution in [0, 0.1) is 0 Å². The fraction of sp³-hybridized carbons (Fsp3) is 0.300. The van der Waals surface area contributed by atoms with Gasteiger partial charge in [-0.1, -0.05) is 15.9 Å². The molecule has 0 saturated carbocycles. The predicted molar refractivity (Wildman–Crippen MR) is 61.7 cm³/mol. The van der Waals surface area contributed by atoms with Gasteiger partial charge in [-0.15, -0.1) is 0 Å². The Balaban J connectivity index is 2.18. The second kappa shape index (κ2) is 3.73. The number of rotatable bonds is 1. The van der Waals surface area contributed by atoms with E-state index in [1.54, 1.807) is 19.0 Å². The number of carbonyl (C=O) groups excluding carboxylic acids is 1. The van der Waals surface area contributed by atoms with Crippen molar-refractivity contribution in [1.82, 2.24) is 15.1 Å². The third-order valence-corrected chi connectivity index (χ3v) is 2.98. The number of amides is 1. The Kier molecular flexibility index (Phi) is 2.56. The fourth-order valence-electron chi connectivity index (χ4n) is 1.51. The third kappa shape index (κ3) is 1.79. The van der Waals surface area contributed by atoms with Gasteiger partial charge in [-0.3, -0.25) is 4.79 Å². The first-order chi connectivity index (χ1) is 7.09. The molecule has 0 spiro atoms. The molecule has 0 radical (unpaired) electrons. The van der Waals surface area contributed by atoms with Gasteiger partial charge >= 0.3 is 0 Å². The first kappa shape index (κ1) is 10.3. The summed E-state index contributed by atoms with van der Waals surface area (Å²) in [5.41, 5.74) is 0.613. The molecule has 0 aromatic carbocycles. The van der Waals surface area contributed by atoms with Crippen LogP contribution in [0.4, 0.5) is 0 Å². The summed E-state index contributed by atoms with van der Waals surface area (Å²) in [6.45, 7) is 0. The second-order valence-corrected chi connectivity index (χ2v) is 4.55. The van der Waals surface area contributed by atoms with E-state index in [0.29, 0.717) is 5.70 Å². The number of carbonyl (C=O) groups is 1. The van der Waals surface area contributed by atoms with Crippen LogP contribution < -0.4 is 5.32 Å². The molecule has 4 nitrogen and oxygen atoms in total. The molecular weight excluding hydrogens is 258 g/mol. The highest BCUT2D eigenvalue weighted by Crippen LogP contribution is 2.25. The quantitative estimate of drug-likeness (QED) is 0.770. The first-order valence-electron chi connectivity index (χ1n) is 4.61. The lowest BCUT2D eigenvalue weighted by atomic mass is 10.3. The van der Waals surface area contributed by atoms with Crippen molar-refractivity contribution >= 4 is 21.8 Å². The number of likely N-dealkylation sites (N-methyl/N-ethyl adjacent to an activating group) is 1. The lowest BCUT2D eigenvalue weighted by molar-refractivity contribution is -0.125. The van der Waals surface area contributed by atoms with Crippen LogP contribution in [-0.2, 0) is 4.79 Å². The molecule has 0 fully saturated rings. The Morgan fingerprint density at radius 2 is 2.33 bits per heavy atom. The van der Waals surface area contributed by atoms with Gasteiger partial charge in [0.2, 0.25) is 0 Å². The number of allylic oxidation sites excluding steroid dienone is 2. The Morgan fingerprint density at radius 1 is 1.60 bits per heavy atom. The maximum absolute atomic E-state index is 11.7. The number of nitrogens with zero attached hydrogens (tertiary/aromatic N) is 2. The standard InChI is InChI=1S/C10H12BrN3O/c1-13(2)10(15)8-6-14-5-3-4-7(11)9(14)12-8/h3-6,9,12H,1-2H3. The molecule has 2 heterocycles. The van der Waals surface area contributed by atoms with Crippen molar-refractivity contribution in [3.05, 3.63) is 34.7 Å². The maximum Gasteiger partial charge on any atom is 0.271 e. The largest absolute Gasteiger partial charge is 0.355 e. The normalized spacial score (nSPS) is 22.9. The van der Waals surface area contributed by atoms with Crippen LogP contribution in [0.3, 0.4) is 0 Å². The minimum atomic E-state index is -0.0156. The summed E-state index contributed by atoms with van der Waals surface area (Å²) in [7, 11) is 3.48. The van der Waals surface area contributed by atoms with Crippen molar-refractivity contribution < 1.29 is 4.79 Å². The average Bonchev–Trinajstić information content (AvgIpc) is 2.61.